The summed E-state index contributed by atoms with van der Waals surface area (Å²) in [6, 6.07) is 2.19. The summed E-state index contributed by atoms with van der Waals surface area (Å²) in [5.41, 5.74) is -0.483. The van der Waals surface area contributed by atoms with Gasteiger partial charge in [-0.3, -0.25) is 4.79 Å². The molecule has 90 valence electrons. The van der Waals surface area contributed by atoms with Gasteiger partial charge in [0, 0.05) is 17.6 Å². The van der Waals surface area contributed by atoms with E-state index in [0.29, 0.717) is 19.5 Å². The van der Waals surface area contributed by atoms with Gasteiger partial charge in [0.15, 0.2) is 0 Å². The molecular weight excluding hydrogens is 292 g/mol. The van der Waals surface area contributed by atoms with E-state index in [0.717, 1.165) is 12.1 Å². The summed E-state index contributed by atoms with van der Waals surface area (Å²) in [6.45, 7) is 0.887. The summed E-state index contributed by atoms with van der Waals surface area (Å²) < 4.78 is 27.4. The number of benzene rings is 1. The fraction of sp³-hybridized carbons (Fsp3) is 0.250. The van der Waals surface area contributed by atoms with Crippen molar-refractivity contribution in [3.63, 3.8) is 0 Å². The average Bonchev–Trinajstić information content (AvgIpc) is 2.28. The van der Waals surface area contributed by atoms with Crippen molar-refractivity contribution in [2.45, 2.75) is 6.42 Å². The van der Waals surface area contributed by atoms with E-state index in [1.54, 1.807) is 0 Å². The van der Waals surface area contributed by atoms with Crippen LogP contribution in [0.5, 0.6) is 0 Å². The third kappa shape index (κ3) is 2.54. The summed E-state index contributed by atoms with van der Waals surface area (Å²) in [5.74, 6) is -2.27. The average molecular weight is 302 g/mol. The summed E-state index contributed by atoms with van der Waals surface area (Å²) in [7, 11) is 0. The molecule has 2 nitrogen and oxygen atoms in total. The van der Waals surface area contributed by atoms with Crippen molar-refractivity contribution in [2.75, 3.05) is 13.1 Å². The van der Waals surface area contributed by atoms with E-state index < -0.39 is 23.1 Å². The molecular formula is C12H10BrF2NO. The van der Waals surface area contributed by atoms with E-state index in [1.165, 1.54) is 4.90 Å². The zero-order chi connectivity index (χ0) is 12.4. The molecule has 0 atom stereocenters. The predicted octanol–water partition coefficient (Wildman–Crippen LogP) is 3.13. The summed E-state index contributed by atoms with van der Waals surface area (Å²) in [4.78, 5) is 13.4. The molecule has 1 heterocycles. The highest BCUT2D eigenvalue weighted by Crippen LogP contribution is 2.21. The number of carbonyl (C=O) groups excluding carboxylic acids is 1. The second-order valence-electron chi connectivity index (χ2n) is 3.76. The van der Waals surface area contributed by atoms with Gasteiger partial charge in [-0.1, -0.05) is 28.1 Å². The maximum absolute atomic E-state index is 13.6. The Kier molecular flexibility index (Phi) is 3.57. The first-order chi connectivity index (χ1) is 8.09. The number of nitrogens with zero attached hydrogens (tertiary/aromatic N) is 1. The third-order valence-electron chi connectivity index (χ3n) is 2.57. The van der Waals surface area contributed by atoms with Crippen molar-refractivity contribution in [1.82, 2.24) is 4.90 Å². The van der Waals surface area contributed by atoms with Crippen LogP contribution in [0.4, 0.5) is 8.78 Å². The van der Waals surface area contributed by atoms with Crippen LogP contribution >= 0.6 is 15.9 Å². The molecule has 1 aromatic carbocycles. The number of carbonyl (C=O) groups is 1. The molecule has 2 rings (SSSR count). The van der Waals surface area contributed by atoms with E-state index in [4.69, 9.17) is 0 Å². The van der Waals surface area contributed by atoms with Crippen LogP contribution in [0.1, 0.15) is 16.8 Å². The summed E-state index contributed by atoms with van der Waals surface area (Å²) in [5, 5.41) is 0. The summed E-state index contributed by atoms with van der Waals surface area (Å²) >= 11 is 2.98. The van der Waals surface area contributed by atoms with Crippen LogP contribution < -0.4 is 0 Å². The smallest absolute Gasteiger partial charge is 0.260 e. The van der Waals surface area contributed by atoms with Crippen LogP contribution in [0.25, 0.3) is 0 Å². The Morgan fingerprint density at radius 1 is 1.24 bits per heavy atom. The molecule has 0 radical (unpaired) electrons. The molecule has 5 heteroatoms. The molecule has 1 aliphatic heterocycles. The number of hydrogen-bond acceptors (Lipinski definition) is 1. The lowest BCUT2D eigenvalue weighted by Gasteiger charge is -2.23. The zero-order valence-electron chi connectivity index (χ0n) is 8.92. The van der Waals surface area contributed by atoms with Crippen LogP contribution in [0.15, 0.2) is 28.8 Å². The van der Waals surface area contributed by atoms with Crippen LogP contribution in [0.3, 0.4) is 0 Å². The molecule has 0 saturated heterocycles. The Balaban J connectivity index is 2.33. The lowest BCUT2D eigenvalue weighted by molar-refractivity contribution is 0.0761. The highest BCUT2D eigenvalue weighted by atomic mass is 79.9. The van der Waals surface area contributed by atoms with Crippen LogP contribution in [-0.4, -0.2) is 23.9 Å². The van der Waals surface area contributed by atoms with Crippen molar-refractivity contribution < 1.29 is 13.6 Å². The molecule has 1 aliphatic rings. The zero-order valence-corrected chi connectivity index (χ0v) is 10.5. The van der Waals surface area contributed by atoms with E-state index >= 15 is 0 Å². The van der Waals surface area contributed by atoms with E-state index in [-0.39, 0.29) is 4.47 Å². The van der Waals surface area contributed by atoms with Gasteiger partial charge in [0.25, 0.3) is 5.91 Å². The van der Waals surface area contributed by atoms with Gasteiger partial charge in [-0.25, -0.2) is 8.78 Å². The minimum Gasteiger partial charge on any atom is -0.334 e. The normalized spacial score (nSPS) is 15.1. The number of hydrogen-bond donors (Lipinski definition) is 0. The Hall–Kier alpha value is -1.23. The van der Waals surface area contributed by atoms with E-state index in [2.05, 4.69) is 15.9 Å². The molecule has 0 fully saturated rings. The Morgan fingerprint density at radius 2 is 1.88 bits per heavy atom. The molecule has 0 bridgehead atoms. The summed E-state index contributed by atoms with van der Waals surface area (Å²) in [6.07, 6.45) is 4.47. The van der Waals surface area contributed by atoms with E-state index in [1.807, 2.05) is 12.2 Å². The lowest BCUT2D eigenvalue weighted by atomic mass is 10.1. The second kappa shape index (κ2) is 4.96. The van der Waals surface area contributed by atoms with Crippen LogP contribution in [-0.2, 0) is 0 Å². The second-order valence-corrected chi connectivity index (χ2v) is 4.67. The molecule has 0 unspecified atom stereocenters. The fourth-order valence-corrected chi connectivity index (χ4v) is 2.13. The number of rotatable bonds is 1. The molecule has 1 aromatic rings. The van der Waals surface area contributed by atoms with Gasteiger partial charge in [0.1, 0.15) is 17.2 Å². The van der Waals surface area contributed by atoms with Gasteiger partial charge < -0.3 is 4.90 Å². The van der Waals surface area contributed by atoms with Crippen molar-refractivity contribution in [2.24, 2.45) is 0 Å². The predicted molar refractivity (Wildman–Crippen MR) is 63.7 cm³/mol. The minimum absolute atomic E-state index is 0.280. The van der Waals surface area contributed by atoms with Gasteiger partial charge in [0.2, 0.25) is 0 Å². The Morgan fingerprint density at radius 3 is 2.41 bits per heavy atom. The Labute approximate surface area is 106 Å². The lowest BCUT2D eigenvalue weighted by Crippen LogP contribution is -2.34. The van der Waals surface area contributed by atoms with Gasteiger partial charge in [-0.05, 0) is 18.6 Å². The topological polar surface area (TPSA) is 20.3 Å². The maximum atomic E-state index is 13.6. The fourth-order valence-electron chi connectivity index (χ4n) is 1.73. The van der Waals surface area contributed by atoms with E-state index in [9.17, 15) is 13.6 Å². The van der Waals surface area contributed by atoms with Crippen molar-refractivity contribution in [1.29, 1.82) is 0 Å². The number of amides is 1. The monoisotopic (exact) mass is 301 g/mol. The van der Waals surface area contributed by atoms with Crippen LogP contribution in [0.2, 0.25) is 0 Å². The highest BCUT2D eigenvalue weighted by molar-refractivity contribution is 9.10. The van der Waals surface area contributed by atoms with Crippen LogP contribution in [0, 0.1) is 11.6 Å². The first-order valence-electron chi connectivity index (χ1n) is 5.18. The van der Waals surface area contributed by atoms with Crippen molar-refractivity contribution in [3.05, 3.63) is 46.0 Å². The molecule has 17 heavy (non-hydrogen) atoms. The van der Waals surface area contributed by atoms with Gasteiger partial charge in [0.05, 0.1) is 0 Å². The molecule has 0 aromatic heterocycles. The molecule has 1 amide bonds. The first-order valence-corrected chi connectivity index (χ1v) is 5.97. The Bertz CT molecular complexity index is 464. The molecule has 0 N–H and O–H groups in total. The third-order valence-corrected chi connectivity index (χ3v) is 3.02. The first kappa shape index (κ1) is 12.2. The largest absolute Gasteiger partial charge is 0.334 e. The number of halogens is 3. The SMILES string of the molecule is O=C(c1c(F)cc(Br)cc1F)N1CC=CCC1. The molecule has 0 spiro atoms. The minimum atomic E-state index is -0.837. The van der Waals surface area contributed by atoms with Gasteiger partial charge in [-0.2, -0.15) is 0 Å². The van der Waals surface area contributed by atoms with Gasteiger partial charge in [-0.15, -0.1) is 0 Å². The molecule has 0 aliphatic carbocycles. The standard InChI is InChI=1S/C12H10BrF2NO/c13-8-6-9(14)11(10(15)7-8)12(17)16-4-2-1-3-5-16/h1-2,6-7H,3-5H2. The quantitative estimate of drug-likeness (QED) is 0.730. The molecule has 0 saturated carbocycles. The maximum Gasteiger partial charge on any atom is 0.260 e. The van der Waals surface area contributed by atoms with Gasteiger partial charge >= 0.3 is 0 Å². The van der Waals surface area contributed by atoms with Crippen molar-refractivity contribution in [3.8, 4) is 0 Å². The van der Waals surface area contributed by atoms with Crippen molar-refractivity contribution >= 4 is 21.8 Å². The highest BCUT2D eigenvalue weighted by Gasteiger charge is 2.23.